The molecule has 0 aromatic heterocycles. The highest BCUT2D eigenvalue weighted by Crippen LogP contribution is 2.33. The molecular weight excluding hydrogens is 280 g/mol. The molecule has 124 valence electrons. The lowest BCUT2D eigenvalue weighted by Gasteiger charge is -2.26. The van der Waals surface area contributed by atoms with Crippen molar-refractivity contribution in [3.8, 4) is 5.75 Å². The molecule has 0 radical (unpaired) electrons. The van der Waals surface area contributed by atoms with Gasteiger partial charge in [-0.3, -0.25) is 5.32 Å². The van der Waals surface area contributed by atoms with E-state index in [0.717, 1.165) is 12.0 Å². The molecule has 0 bridgehead atoms. The summed E-state index contributed by atoms with van der Waals surface area (Å²) in [5, 5.41) is 2.72. The molecule has 0 aliphatic carbocycles. The van der Waals surface area contributed by atoms with Crippen molar-refractivity contribution in [2.24, 2.45) is 5.73 Å². The van der Waals surface area contributed by atoms with E-state index in [1.54, 1.807) is 7.11 Å². The molecule has 22 heavy (non-hydrogen) atoms. The largest absolute Gasteiger partial charge is 0.495 e. The first-order valence-electron chi connectivity index (χ1n) is 7.47. The zero-order chi connectivity index (χ0) is 17.0. The number of benzene rings is 1. The Hall–Kier alpha value is -1.75. The number of hydrogen-bond donors (Lipinski definition) is 2. The predicted molar refractivity (Wildman–Crippen MR) is 89.5 cm³/mol. The van der Waals surface area contributed by atoms with Crippen LogP contribution in [0.15, 0.2) is 18.2 Å². The average Bonchev–Trinajstić information content (AvgIpc) is 2.36. The highest BCUT2D eigenvalue weighted by atomic mass is 16.6. The number of carbonyl (C=O) groups excluding carboxylic acids is 1. The summed E-state index contributed by atoms with van der Waals surface area (Å²) in [6.45, 7) is 10.4. The van der Waals surface area contributed by atoms with Gasteiger partial charge in [-0.2, -0.15) is 0 Å². The minimum absolute atomic E-state index is 0.0491. The third-order valence-electron chi connectivity index (χ3n) is 3.39. The summed E-state index contributed by atoms with van der Waals surface area (Å²) in [6, 6.07) is 5.74. The van der Waals surface area contributed by atoms with E-state index >= 15 is 0 Å². The monoisotopic (exact) mass is 308 g/mol. The predicted octanol–water partition coefficient (Wildman–Crippen LogP) is 3.67. The highest BCUT2D eigenvalue weighted by molar-refractivity contribution is 5.87. The number of hydrogen-bond acceptors (Lipinski definition) is 4. The van der Waals surface area contributed by atoms with Crippen LogP contribution in [0.25, 0.3) is 0 Å². The van der Waals surface area contributed by atoms with E-state index in [9.17, 15) is 4.79 Å². The number of nitrogens with one attached hydrogen (secondary N) is 1. The van der Waals surface area contributed by atoms with Crippen molar-refractivity contribution in [2.45, 2.75) is 52.1 Å². The zero-order valence-electron chi connectivity index (χ0n) is 14.4. The van der Waals surface area contributed by atoms with Crippen LogP contribution in [0.1, 0.15) is 46.6 Å². The Kier molecular flexibility index (Phi) is 5.83. The smallest absolute Gasteiger partial charge is 0.412 e. The second-order valence-corrected chi connectivity index (χ2v) is 6.96. The maximum absolute atomic E-state index is 11.9. The second-order valence-electron chi connectivity index (χ2n) is 6.96. The van der Waals surface area contributed by atoms with Gasteiger partial charge < -0.3 is 15.2 Å². The number of methoxy groups -OCH3 is 1. The summed E-state index contributed by atoms with van der Waals surface area (Å²) in [5.41, 5.74) is 6.78. The van der Waals surface area contributed by atoms with Crippen LogP contribution in [-0.2, 0) is 10.2 Å². The molecule has 0 saturated heterocycles. The number of rotatable bonds is 5. The standard InChI is InChI=1S/C17H28N2O3/c1-16(2,3)22-15(20)19-13-8-7-12(11-14(13)21-6)17(4,5)9-10-18/h7-8,11H,9-10,18H2,1-6H3,(H,19,20). The Morgan fingerprint density at radius 2 is 1.86 bits per heavy atom. The molecule has 0 spiro atoms. The van der Waals surface area contributed by atoms with Crippen LogP contribution < -0.4 is 15.8 Å². The summed E-state index contributed by atoms with van der Waals surface area (Å²) in [5.74, 6) is 0.605. The van der Waals surface area contributed by atoms with E-state index < -0.39 is 11.7 Å². The molecule has 0 fully saturated rings. The first-order chi connectivity index (χ1) is 10.1. The molecule has 1 aromatic rings. The fourth-order valence-corrected chi connectivity index (χ4v) is 2.13. The molecule has 0 aliphatic heterocycles. The average molecular weight is 308 g/mol. The van der Waals surface area contributed by atoms with Gasteiger partial charge in [0.25, 0.3) is 0 Å². The van der Waals surface area contributed by atoms with Crippen molar-refractivity contribution in [3.05, 3.63) is 23.8 Å². The molecule has 0 heterocycles. The summed E-state index contributed by atoms with van der Waals surface area (Å²) in [7, 11) is 1.58. The van der Waals surface area contributed by atoms with Gasteiger partial charge in [0.15, 0.2) is 0 Å². The van der Waals surface area contributed by atoms with Gasteiger partial charge >= 0.3 is 6.09 Å². The molecule has 0 aliphatic rings. The molecule has 3 N–H and O–H groups in total. The minimum Gasteiger partial charge on any atom is -0.495 e. The molecular formula is C17H28N2O3. The Morgan fingerprint density at radius 3 is 2.36 bits per heavy atom. The maximum atomic E-state index is 11.9. The van der Waals surface area contributed by atoms with E-state index in [1.807, 2.05) is 39.0 Å². The summed E-state index contributed by atoms with van der Waals surface area (Å²) in [6.07, 6.45) is 0.370. The lowest BCUT2D eigenvalue weighted by Crippen LogP contribution is -2.27. The van der Waals surface area contributed by atoms with Crippen LogP contribution in [-0.4, -0.2) is 25.3 Å². The SMILES string of the molecule is COc1cc(C(C)(C)CCN)ccc1NC(=O)OC(C)(C)C. The van der Waals surface area contributed by atoms with Gasteiger partial charge in [0, 0.05) is 0 Å². The number of nitrogens with two attached hydrogens (primary N) is 1. The molecule has 0 saturated carbocycles. The molecule has 0 unspecified atom stereocenters. The van der Waals surface area contributed by atoms with Gasteiger partial charge in [0.05, 0.1) is 12.8 Å². The van der Waals surface area contributed by atoms with Crippen LogP contribution in [0, 0.1) is 0 Å². The minimum atomic E-state index is -0.541. The molecule has 5 nitrogen and oxygen atoms in total. The Bertz CT molecular complexity index is 519. The number of ether oxygens (including phenoxy) is 2. The first-order valence-corrected chi connectivity index (χ1v) is 7.47. The van der Waals surface area contributed by atoms with Crippen molar-refractivity contribution in [1.82, 2.24) is 0 Å². The van der Waals surface area contributed by atoms with Gasteiger partial charge in [0.2, 0.25) is 0 Å². The third-order valence-corrected chi connectivity index (χ3v) is 3.39. The van der Waals surface area contributed by atoms with Crippen molar-refractivity contribution in [1.29, 1.82) is 0 Å². The maximum Gasteiger partial charge on any atom is 0.412 e. The highest BCUT2D eigenvalue weighted by Gasteiger charge is 2.22. The molecule has 5 heteroatoms. The van der Waals surface area contributed by atoms with Crippen LogP contribution in [0.3, 0.4) is 0 Å². The zero-order valence-corrected chi connectivity index (χ0v) is 14.4. The summed E-state index contributed by atoms with van der Waals surface area (Å²) in [4.78, 5) is 11.9. The molecule has 0 atom stereocenters. The van der Waals surface area contributed by atoms with Crippen molar-refractivity contribution >= 4 is 11.8 Å². The normalized spacial score (nSPS) is 12.0. The van der Waals surface area contributed by atoms with Crippen molar-refractivity contribution in [2.75, 3.05) is 19.0 Å². The second kappa shape index (κ2) is 7.01. The van der Waals surface area contributed by atoms with Crippen molar-refractivity contribution in [3.63, 3.8) is 0 Å². The lowest BCUT2D eigenvalue weighted by molar-refractivity contribution is 0.0635. The van der Waals surface area contributed by atoms with Gasteiger partial charge in [-0.25, -0.2) is 4.79 Å². The van der Waals surface area contributed by atoms with Crippen molar-refractivity contribution < 1.29 is 14.3 Å². The Labute approximate surface area is 133 Å². The first kappa shape index (κ1) is 18.3. The Morgan fingerprint density at radius 1 is 1.23 bits per heavy atom. The molecule has 1 aromatic carbocycles. The number of amides is 1. The molecule has 1 rings (SSSR count). The van der Waals surface area contributed by atoms with Crippen LogP contribution in [0.2, 0.25) is 0 Å². The summed E-state index contributed by atoms with van der Waals surface area (Å²) < 4.78 is 10.6. The fourth-order valence-electron chi connectivity index (χ4n) is 2.13. The van der Waals surface area contributed by atoms with Gasteiger partial charge in [-0.05, 0) is 56.8 Å². The van der Waals surface area contributed by atoms with E-state index in [1.165, 1.54) is 0 Å². The topological polar surface area (TPSA) is 73.6 Å². The van der Waals surface area contributed by atoms with E-state index in [0.29, 0.717) is 18.0 Å². The number of anilines is 1. The fraction of sp³-hybridized carbons (Fsp3) is 0.588. The Balaban J connectivity index is 2.97. The van der Waals surface area contributed by atoms with Crippen LogP contribution in [0.4, 0.5) is 10.5 Å². The van der Waals surface area contributed by atoms with Gasteiger partial charge in [0.1, 0.15) is 11.4 Å². The van der Waals surface area contributed by atoms with E-state index in [4.69, 9.17) is 15.2 Å². The van der Waals surface area contributed by atoms with Gasteiger partial charge in [-0.15, -0.1) is 0 Å². The van der Waals surface area contributed by atoms with Crippen LogP contribution in [0.5, 0.6) is 5.75 Å². The third kappa shape index (κ3) is 5.22. The van der Waals surface area contributed by atoms with E-state index in [2.05, 4.69) is 19.2 Å². The quantitative estimate of drug-likeness (QED) is 0.870. The number of carbonyl (C=O) groups is 1. The lowest BCUT2D eigenvalue weighted by atomic mass is 9.81. The summed E-state index contributed by atoms with van der Waals surface area (Å²) >= 11 is 0. The van der Waals surface area contributed by atoms with Crippen LogP contribution >= 0.6 is 0 Å². The molecule has 1 amide bonds. The van der Waals surface area contributed by atoms with E-state index in [-0.39, 0.29) is 5.41 Å². The van der Waals surface area contributed by atoms with Gasteiger partial charge in [-0.1, -0.05) is 19.9 Å².